The highest BCUT2D eigenvalue weighted by Crippen LogP contribution is 2.36. The van der Waals surface area contributed by atoms with E-state index in [1.165, 1.54) is 0 Å². The van der Waals surface area contributed by atoms with E-state index in [0.29, 0.717) is 24.3 Å². The Morgan fingerprint density at radius 3 is 2.62 bits per heavy atom. The van der Waals surface area contributed by atoms with Crippen LogP contribution in [0.5, 0.6) is 11.5 Å². The van der Waals surface area contributed by atoms with Crippen molar-refractivity contribution in [2.45, 2.75) is 25.8 Å². The first-order valence-electron chi connectivity index (χ1n) is 7.75. The van der Waals surface area contributed by atoms with Crippen molar-refractivity contribution in [1.29, 1.82) is 0 Å². The zero-order valence-corrected chi connectivity index (χ0v) is 14.1. The topological polar surface area (TPSA) is 64.3 Å². The van der Waals surface area contributed by atoms with Crippen LogP contribution in [0, 0.1) is 5.82 Å². The molecule has 0 aliphatic heterocycles. The lowest BCUT2D eigenvalue weighted by atomic mass is 10.0. The van der Waals surface area contributed by atoms with E-state index in [0.717, 1.165) is 0 Å². The van der Waals surface area contributed by atoms with Crippen molar-refractivity contribution < 1.29 is 13.9 Å². The number of rotatable bonds is 8. The SMILES string of the molecule is CC[C@@H](NCCC(N)=O)c1ccc(Cl)c(Oc2ccccc2)c1F. The van der Waals surface area contributed by atoms with Crippen molar-refractivity contribution in [3.63, 3.8) is 0 Å². The molecule has 0 heterocycles. The Hall–Kier alpha value is -2.11. The molecule has 0 saturated carbocycles. The molecule has 0 spiro atoms. The van der Waals surface area contributed by atoms with E-state index in [2.05, 4.69) is 5.32 Å². The number of amides is 1. The van der Waals surface area contributed by atoms with Crippen molar-refractivity contribution in [2.75, 3.05) is 6.54 Å². The molecular formula is C18H20ClFN2O2. The molecule has 0 aromatic heterocycles. The number of hydrogen-bond donors (Lipinski definition) is 2. The van der Waals surface area contributed by atoms with E-state index < -0.39 is 11.7 Å². The van der Waals surface area contributed by atoms with Crippen molar-refractivity contribution in [1.82, 2.24) is 5.32 Å². The Labute approximate surface area is 145 Å². The largest absolute Gasteiger partial charge is 0.453 e. The van der Waals surface area contributed by atoms with Crippen molar-refractivity contribution >= 4 is 17.5 Å². The van der Waals surface area contributed by atoms with Crippen LogP contribution in [0.2, 0.25) is 5.02 Å². The summed E-state index contributed by atoms with van der Waals surface area (Å²) in [4.78, 5) is 10.8. The third-order valence-corrected chi connectivity index (χ3v) is 3.89. The first-order valence-corrected chi connectivity index (χ1v) is 8.13. The molecule has 0 bridgehead atoms. The quantitative estimate of drug-likeness (QED) is 0.750. The average molecular weight is 351 g/mol. The lowest BCUT2D eigenvalue weighted by Crippen LogP contribution is -2.26. The Balaban J connectivity index is 2.24. The van der Waals surface area contributed by atoms with E-state index in [1.807, 2.05) is 13.0 Å². The van der Waals surface area contributed by atoms with Crippen LogP contribution in [-0.2, 0) is 4.79 Å². The highest BCUT2D eigenvalue weighted by molar-refractivity contribution is 6.32. The number of nitrogens with two attached hydrogens (primary N) is 1. The number of para-hydroxylation sites is 1. The van der Waals surface area contributed by atoms with Gasteiger partial charge in [0.1, 0.15) is 5.75 Å². The summed E-state index contributed by atoms with van der Waals surface area (Å²) in [6, 6.07) is 11.9. The molecular weight excluding hydrogens is 331 g/mol. The Bertz CT molecular complexity index is 695. The van der Waals surface area contributed by atoms with Gasteiger partial charge in [-0.2, -0.15) is 0 Å². The summed E-state index contributed by atoms with van der Waals surface area (Å²) >= 11 is 6.10. The van der Waals surface area contributed by atoms with Crippen molar-refractivity contribution in [3.05, 3.63) is 58.9 Å². The minimum atomic E-state index is -0.509. The maximum absolute atomic E-state index is 14.9. The van der Waals surface area contributed by atoms with E-state index in [4.69, 9.17) is 22.1 Å². The molecule has 1 amide bonds. The molecule has 0 saturated heterocycles. The maximum atomic E-state index is 14.9. The van der Waals surface area contributed by atoms with Gasteiger partial charge in [-0.15, -0.1) is 0 Å². The Morgan fingerprint density at radius 1 is 1.29 bits per heavy atom. The molecule has 1 atom stereocenters. The fraction of sp³-hybridized carbons (Fsp3) is 0.278. The zero-order valence-electron chi connectivity index (χ0n) is 13.4. The van der Waals surface area contributed by atoms with E-state index in [-0.39, 0.29) is 23.2 Å². The van der Waals surface area contributed by atoms with Gasteiger partial charge in [0.2, 0.25) is 5.91 Å². The first-order chi connectivity index (χ1) is 11.5. The van der Waals surface area contributed by atoms with Crippen LogP contribution in [-0.4, -0.2) is 12.5 Å². The van der Waals surface area contributed by atoms with Gasteiger partial charge in [0.05, 0.1) is 5.02 Å². The van der Waals surface area contributed by atoms with Gasteiger partial charge in [-0.3, -0.25) is 4.79 Å². The number of hydrogen-bond acceptors (Lipinski definition) is 3. The molecule has 3 N–H and O–H groups in total. The monoisotopic (exact) mass is 350 g/mol. The molecule has 128 valence electrons. The molecule has 0 aliphatic rings. The number of halogens is 2. The molecule has 4 nitrogen and oxygen atoms in total. The minimum absolute atomic E-state index is 0.00415. The fourth-order valence-corrected chi connectivity index (χ4v) is 2.55. The second-order valence-corrected chi connectivity index (χ2v) is 5.73. The zero-order chi connectivity index (χ0) is 17.5. The van der Waals surface area contributed by atoms with Crippen LogP contribution in [0.25, 0.3) is 0 Å². The molecule has 0 radical (unpaired) electrons. The number of carbonyl (C=O) groups is 1. The average Bonchev–Trinajstić information content (AvgIpc) is 2.57. The van der Waals surface area contributed by atoms with Gasteiger partial charge < -0.3 is 15.8 Å². The Kier molecular flexibility index (Phi) is 6.58. The number of carbonyl (C=O) groups excluding carboxylic acids is 1. The van der Waals surface area contributed by atoms with Crippen molar-refractivity contribution in [2.24, 2.45) is 5.73 Å². The summed E-state index contributed by atoms with van der Waals surface area (Å²) in [6.07, 6.45) is 0.834. The summed E-state index contributed by atoms with van der Waals surface area (Å²) in [7, 11) is 0. The molecule has 2 aromatic carbocycles. The van der Waals surface area contributed by atoms with Gasteiger partial charge in [-0.25, -0.2) is 4.39 Å². The molecule has 24 heavy (non-hydrogen) atoms. The fourth-order valence-electron chi connectivity index (χ4n) is 2.36. The molecule has 0 unspecified atom stereocenters. The molecule has 0 fully saturated rings. The lowest BCUT2D eigenvalue weighted by Gasteiger charge is -2.20. The van der Waals surface area contributed by atoms with Crippen molar-refractivity contribution in [3.8, 4) is 11.5 Å². The van der Waals surface area contributed by atoms with Gasteiger partial charge in [-0.1, -0.05) is 42.8 Å². The minimum Gasteiger partial charge on any atom is -0.453 e. The molecule has 2 rings (SSSR count). The second-order valence-electron chi connectivity index (χ2n) is 5.33. The third-order valence-electron chi connectivity index (χ3n) is 3.59. The summed E-state index contributed by atoms with van der Waals surface area (Å²) in [5, 5.41) is 3.33. The van der Waals surface area contributed by atoms with E-state index in [9.17, 15) is 9.18 Å². The van der Waals surface area contributed by atoms with Gasteiger partial charge in [0.15, 0.2) is 11.6 Å². The first kappa shape index (κ1) is 18.2. The maximum Gasteiger partial charge on any atom is 0.218 e. The highest BCUT2D eigenvalue weighted by atomic mass is 35.5. The van der Waals surface area contributed by atoms with E-state index >= 15 is 0 Å². The van der Waals surface area contributed by atoms with Crippen LogP contribution in [0.15, 0.2) is 42.5 Å². The summed E-state index contributed by atoms with van der Waals surface area (Å²) < 4.78 is 20.5. The highest BCUT2D eigenvalue weighted by Gasteiger charge is 2.20. The van der Waals surface area contributed by atoms with Gasteiger partial charge in [0, 0.05) is 24.6 Å². The summed E-state index contributed by atoms with van der Waals surface area (Å²) in [5.41, 5.74) is 5.57. The molecule has 0 aliphatic carbocycles. The molecule has 6 heteroatoms. The normalized spacial score (nSPS) is 12.0. The molecule has 2 aromatic rings. The van der Waals surface area contributed by atoms with Gasteiger partial charge in [0.25, 0.3) is 0 Å². The van der Waals surface area contributed by atoms with Crippen LogP contribution >= 0.6 is 11.6 Å². The van der Waals surface area contributed by atoms with Crippen LogP contribution in [0.1, 0.15) is 31.4 Å². The van der Waals surface area contributed by atoms with Crippen LogP contribution < -0.4 is 15.8 Å². The number of ether oxygens (including phenoxy) is 1. The lowest BCUT2D eigenvalue weighted by molar-refractivity contribution is -0.117. The smallest absolute Gasteiger partial charge is 0.218 e. The second kappa shape index (κ2) is 8.66. The van der Waals surface area contributed by atoms with Crippen LogP contribution in [0.4, 0.5) is 4.39 Å². The summed E-state index contributed by atoms with van der Waals surface area (Å²) in [5.74, 6) is -0.410. The predicted molar refractivity (Wildman–Crippen MR) is 92.8 cm³/mol. The third kappa shape index (κ3) is 4.69. The standard InChI is InChI=1S/C18H20ClFN2O2/c1-2-15(22-11-10-16(21)23)13-8-9-14(19)18(17(13)20)24-12-6-4-3-5-7-12/h3-9,15,22H,2,10-11H2,1H3,(H2,21,23)/t15-/m1/s1. The Morgan fingerprint density at radius 2 is 2.00 bits per heavy atom. The van der Waals surface area contributed by atoms with Gasteiger partial charge >= 0.3 is 0 Å². The predicted octanol–water partition coefficient (Wildman–Crippen LogP) is 4.19. The number of benzene rings is 2. The van der Waals surface area contributed by atoms with Crippen LogP contribution in [0.3, 0.4) is 0 Å². The number of primary amides is 1. The van der Waals surface area contributed by atoms with E-state index in [1.54, 1.807) is 36.4 Å². The summed E-state index contributed by atoms with van der Waals surface area (Å²) in [6.45, 7) is 2.30. The van der Waals surface area contributed by atoms with Gasteiger partial charge in [-0.05, 0) is 24.6 Å². The number of nitrogens with one attached hydrogen (secondary N) is 1.